The van der Waals surface area contributed by atoms with Crippen LogP contribution in [-0.4, -0.2) is 31.3 Å². The van der Waals surface area contributed by atoms with Crippen molar-refractivity contribution in [2.24, 2.45) is 17.4 Å². The Morgan fingerprint density at radius 1 is 1.55 bits per heavy atom. The first-order valence-corrected chi connectivity index (χ1v) is 4.88. The molecule has 0 saturated carbocycles. The van der Waals surface area contributed by atoms with Gasteiger partial charge in [-0.05, 0) is 13.5 Å². The molecule has 0 radical (unpaired) electrons. The third kappa shape index (κ3) is 5.14. The van der Waals surface area contributed by atoms with E-state index in [0.29, 0.717) is 0 Å². The van der Waals surface area contributed by atoms with Gasteiger partial charge in [0.15, 0.2) is 0 Å². The van der Waals surface area contributed by atoms with Crippen LogP contribution < -0.4 is 11.5 Å². The van der Waals surface area contributed by atoms with Gasteiger partial charge < -0.3 is 11.5 Å². The lowest BCUT2D eigenvalue weighted by atomic mass is 10.1. The van der Waals surface area contributed by atoms with Crippen LogP contribution in [-0.2, 0) is 10.1 Å². The first-order chi connectivity index (χ1) is 4.87. The molecular formula is C5H14N2O3S. The minimum Gasteiger partial charge on any atom is -0.330 e. The largest absolute Gasteiger partial charge is 0.330 e. The quantitative estimate of drug-likeness (QED) is 0.473. The third-order valence-corrected chi connectivity index (χ3v) is 2.32. The Balaban J connectivity index is 4.10. The van der Waals surface area contributed by atoms with Crippen molar-refractivity contribution in [1.82, 2.24) is 0 Å². The standard InChI is InChI=1S/C5H14N2O3S/c1-4(7)5(2-6)3-11(8,9)10/h4-5H,2-3,6-7H2,1H3,(H,8,9,10). The summed E-state index contributed by atoms with van der Waals surface area (Å²) in [4.78, 5) is 0. The van der Waals surface area contributed by atoms with Gasteiger partial charge >= 0.3 is 0 Å². The lowest BCUT2D eigenvalue weighted by molar-refractivity contribution is 0.441. The highest BCUT2D eigenvalue weighted by molar-refractivity contribution is 7.85. The third-order valence-electron chi connectivity index (χ3n) is 1.47. The van der Waals surface area contributed by atoms with Gasteiger partial charge in [0.25, 0.3) is 10.1 Å². The van der Waals surface area contributed by atoms with Crippen molar-refractivity contribution in [2.75, 3.05) is 12.3 Å². The van der Waals surface area contributed by atoms with Gasteiger partial charge in [0.2, 0.25) is 0 Å². The zero-order chi connectivity index (χ0) is 9.07. The van der Waals surface area contributed by atoms with Crippen LogP contribution in [0.2, 0.25) is 0 Å². The van der Waals surface area contributed by atoms with Gasteiger partial charge in [-0.25, -0.2) is 0 Å². The van der Waals surface area contributed by atoms with Crippen LogP contribution in [0.15, 0.2) is 0 Å². The smallest absolute Gasteiger partial charge is 0.265 e. The lowest BCUT2D eigenvalue weighted by Gasteiger charge is -2.16. The molecule has 0 rings (SSSR count). The van der Waals surface area contributed by atoms with Gasteiger partial charge in [0.1, 0.15) is 0 Å². The average Bonchev–Trinajstić information content (AvgIpc) is 1.80. The molecule has 0 fully saturated rings. The first kappa shape index (κ1) is 10.8. The summed E-state index contributed by atoms with van der Waals surface area (Å²) < 4.78 is 29.1. The van der Waals surface area contributed by atoms with Crippen LogP contribution in [0.1, 0.15) is 6.92 Å². The number of nitrogens with two attached hydrogens (primary N) is 2. The molecule has 5 nitrogen and oxygen atoms in total. The van der Waals surface area contributed by atoms with E-state index >= 15 is 0 Å². The Labute approximate surface area is 66.5 Å². The molecule has 0 aliphatic rings. The number of rotatable bonds is 4. The fourth-order valence-corrected chi connectivity index (χ4v) is 1.69. The zero-order valence-electron chi connectivity index (χ0n) is 6.40. The summed E-state index contributed by atoms with van der Waals surface area (Å²) in [6, 6.07) is -0.318. The summed E-state index contributed by atoms with van der Waals surface area (Å²) in [7, 11) is -3.94. The molecule has 5 N–H and O–H groups in total. The first-order valence-electron chi connectivity index (χ1n) is 3.27. The molecule has 0 aromatic carbocycles. The predicted octanol–water partition coefficient (Wildman–Crippen LogP) is -1.20. The summed E-state index contributed by atoms with van der Waals surface area (Å²) in [5.74, 6) is -0.730. The number of hydrogen-bond acceptors (Lipinski definition) is 4. The van der Waals surface area contributed by atoms with E-state index in [2.05, 4.69) is 0 Å². The van der Waals surface area contributed by atoms with Crippen LogP contribution in [0.4, 0.5) is 0 Å². The van der Waals surface area contributed by atoms with Crippen LogP contribution in [0.3, 0.4) is 0 Å². The highest BCUT2D eigenvalue weighted by atomic mass is 32.2. The van der Waals surface area contributed by atoms with Crippen LogP contribution in [0, 0.1) is 5.92 Å². The van der Waals surface area contributed by atoms with Crippen molar-refractivity contribution in [3.63, 3.8) is 0 Å². The molecule has 0 aromatic heterocycles. The van der Waals surface area contributed by atoms with E-state index in [9.17, 15) is 8.42 Å². The van der Waals surface area contributed by atoms with E-state index in [-0.39, 0.29) is 24.3 Å². The van der Waals surface area contributed by atoms with Gasteiger partial charge in [-0.15, -0.1) is 0 Å². The van der Waals surface area contributed by atoms with Crippen LogP contribution in [0.25, 0.3) is 0 Å². The van der Waals surface area contributed by atoms with Crippen molar-refractivity contribution in [2.45, 2.75) is 13.0 Å². The maximum atomic E-state index is 10.3. The van der Waals surface area contributed by atoms with Crippen LogP contribution in [0.5, 0.6) is 0 Å². The molecule has 2 unspecified atom stereocenters. The molecule has 0 aromatic rings. The molecule has 6 heteroatoms. The fraction of sp³-hybridized carbons (Fsp3) is 1.00. The second-order valence-corrected chi connectivity index (χ2v) is 4.10. The summed E-state index contributed by atoms with van der Waals surface area (Å²) >= 11 is 0. The molecule has 0 saturated heterocycles. The Hall–Kier alpha value is -0.170. The maximum absolute atomic E-state index is 10.3. The Morgan fingerprint density at radius 3 is 2.09 bits per heavy atom. The highest BCUT2D eigenvalue weighted by Gasteiger charge is 2.18. The fourth-order valence-electron chi connectivity index (χ4n) is 0.705. The van der Waals surface area contributed by atoms with Gasteiger partial charge in [0.05, 0.1) is 5.75 Å². The number of hydrogen-bond donors (Lipinski definition) is 3. The topological polar surface area (TPSA) is 106 Å². The molecule has 68 valence electrons. The molecule has 11 heavy (non-hydrogen) atoms. The van der Waals surface area contributed by atoms with Crippen molar-refractivity contribution in [3.05, 3.63) is 0 Å². The maximum Gasteiger partial charge on any atom is 0.265 e. The van der Waals surface area contributed by atoms with Gasteiger partial charge in [-0.2, -0.15) is 8.42 Å². The zero-order valence-corrected chi connectivity index (χ0v) is 7.21. The van der Waals surface area contributed by atoms with E-state index in [1.54, 1.807) is 6.92 Å². The van der Waals surface area contributed by atoms with Gasteiger partial charge in [0, 0.05) is 12.0 Å². The Kier molecular flexibility index (Phi) is 3.95. The average molecular weight is 182 g/mol. The van der Waals surface area contributed by atoms with E-state index in [1.165, 1.54) is 0 Å². The Bertz CT molecular complexity index is 200. The summed E-state index contributed by atoms with van der Waals surface area (Å²) in [5.41, 5.74) is 10.6. The molecule has 0 spiro atoms. The monoisotopic (exact) mass is 182 g/mol. The van der Waals surface area contributed by atoms with E-state index in [0.717, 1.165) is 0 Å². The second-order valence-electron chi connectivity index (χ2n) is 2.60. The highest BCUT2D eigenvalue weighted by Crippen LogP contribution is 2.02. The molecule has 0 bridgehead atoms. The molecule has 0 amide bonds. The molecule has 0 aliphatic heterocycles. The predicted molar refractivity (Wildman–Crippen MR) is 42.6 cm³/mol. The summed E-state index contributed by atoms with van der Waals surface area (Å²) in [6.45, 7) is 1.82. The van der Waals surface area contributed by atoms with Gasteiger partial charge in [-0.1, -0.05) is 0 Å². The lowest BCUT2D eigenvalue weighted by Crippen LogP contribution is -2.37. The van der Waals surface area contributed by atoms with Gasteiger partial charge in [-0.3, -0.25) is 4.55 Å². The molecule has 0 heterocycles. The minimum atomic E-state index is -3.94. The van der Waals surface area contributed by atoms with Crippen molar-refractivity contribution < 1.29 is 13.0 Å². The summed E-state index contributed by atoms with van der Waals surface area (Å²) in [5, 5.41) is 0. The normalized spacial score (nSPS) is 17.8. The molecule has 2 atom stereocenters. The van der Waals surface area contributed by atoms with Crippen molar-refractivity contribution in [3.8, 4) is 0 Å². The van der Waals surface area contributed by atoms with Crippen LogP contribution >= 0.6 is 0 Å². The SMILES string of the molecule is CC(N)C(CN)CS(=O)(=O)O. The minimum absolute atomic E-state index is 0.164. The summed E-state index contributed by atoms with van der Waals surface area (Å²) in [6.07, 6.45) is 0. The van der Waals surface area contributed by atoms with Crippen molar-refractivity contribution in [1.29, 1.82) is 0 Å². The molecule has 0 aliphatic carbocycles. The molecular weight excluding hydrogens is 168 g/mol. The second kappa shape index (κ2) is 4.01. The van der Waals surface area contributed by atoms with E-state index in [4.69, 9.17) is 16.0 Å². The van der Waals surface area contributed by atoms with Crippen molar-refractivity contribution >= 4 is 10.1 Å². The van der Waals surface area contributed by atoms with E-state index < -0.39 is 10.1 Å². The van der Waals surface area contributed by atoms with E-state index in [1.807, 2.05) is 0 Å². The Morgan fingerprint density at radius 2 is 2.00 bits per heavy atom.